The fourth-order valence-corrected chi connectivity index (χ4v) is 1.84. The van der Waals surface area contributed by atoms with Gasteiger partial charge in [0.15, 0.2) is 0 Å². The molecule has 0 aliphatic heterocycles. The van der Waals surface area contributed by atoms with Crippen LogP contribution in [0.5, 0.6) is 0 Å². The number of aromatic nitrogens is 1. The molecule has 0 spiro atoms. The molecule has 1 aromatic carbocycles. The summed E-state index contributed by atoms with van der Waals surface area (Å²) in [6, 6.07) is 8.10. The molecule has 1 aromatic heterocycles. The van der Waals surface area contributed by atoms with E-state index in [1.54, 1.807) is 30.5 Å². The van der Waals surface area contributed by atoms with Gasteiger partial charge in [0.2, 0.25) is 0 Å². The van der Waals surface area contributed by atoms with E-state index in [-0.39, 0.29) is 10.8 Å². The summed E-state index contributed by atoms with van der Waals surface area (Å²) in [6.07, 6.45) is 1.56. The van der Waals surface area contributed by atoms with Crippen molar-refractivity contribution in [2.75, 3.05) is 5.32 Å². The third-order valence-electron chi connectivity index (χ3n) is 2.24. The predicted molar refractivity (Wildman–Crippen MR) is 77.5 cm³/mol. The number of nitrogens with zero attached hydrogens (tertiary/aromatic N) is 1. The summed E-state index contributed by atoms with van der Waals surface area (Å²) in [5.74, 6) is 0.119. The highest BCUT2D eigenvalue weighted by molar-refractivity contribution is 9.10. The largest absolute Gasteiger partial charge is 0.389 e. The Labute approximate surface area is 117 Å². The van der Waals surface area contributed by atoms with Crippen LogP contribution < -0.4 is 11.1 Å². The molecule has 0 radical (unpaired) electrons. The van der Waals surface area contributed by atoms with Crippen LogP contribution in [0.3, 0.4) is 0 Å². The molecule has 92 valence electrons. The van der Waals surface area contributed by atoms with E-state index in [4.69, 9.17) is 18.0 Å². The smallest absolute Gasteiger partial charge is 0.147 e. The normalized spacial score (nSPS) is 10.1. The van der Waals surface area contributed by atoms with Gasteiger partial charge in [-0.05, 0) is 30.3 Å². The second-order valence-electron chi connectivity index (χ2n) is 3.54. The molecule has 2 aromatic rings. The molecule has 0 amide bonds. The first-order chi connectivity index (χ1) is 8.56. The van der Waals surface area contributed by atoms with Crippen LogP contribution >= 0.6 is 28.1 Å². The first kappa shape index (κ1) is 12.9. The Bertz CT molecular complexity index is 604. The molecule has 0 aliphatic rings. The molecule has 0 saturated heterocycles. The average Bonchev–Trinajstić information content (AvgIpc) is 2.33. The number of hydrogen-bond acceptors (Lipinski definition) is 3. The molecule has 0 saturated carbocycles. The molecule has 6 heteroatoms. The Hall–Kier alpha value is -1.53. The van der Waals surface area contributed by atoms with Crippen molar-refractivity contribution >= 4 is 44.6 Å². The van der Waals surface area contributed by atoms with Crippen molar-refractivity contribution in [3.05, 3.63) is 52.4 Å². The maximum Gasteiger partial charge on any atom is 0.147 e. The number of halogens is 2. The molecular weight excluding hydrogens is 317 g/mol. The summed E-state index contributed by atoms with van der Waals surface area (Å²) >= 11 is 8.07. The monoisotopic (exact) mass is 325 g/mol. The van der Waals surface area contributed by atoms with E-state index >= 15 is 0 Å². The van der Waals surface area contributed by atoms with E-state index in [2.05, 4.69) is 26.2 Å². The van der Waals surface area contributed by atoms with E-state index in [0.717, 1.165) is 0 Å². The van der Waals surface area contributed by atoms with Crippen LogP contribution in [0.1, 0.15) is 5.56 Å². The molecule has 2 rings (SSSR count). The van der Waals surface area contributed by atoms with Crippen LogP contribution in [0.25, 0.3) is 0 Å². The van der Waals surface area contributed by atoms with Crippen LogP contribution in [0.2, 0.25) is 0 Å². The number of anilines is 2. The van der Waals surface area contributed by atoms with Crippen molar-refractivity contribution < 1.29 is 4.39 Å². The molecule has 18 heavy (non-hydrogen) atoms. The zero-order valence-corrected chi connectivity index (χ0v) is 11.6. The van der Waals surface area contributed by atoms with Crippen LogP contribution in [0.15, 0.2) is 41.0 Å². The lowest BCUT2D eigenvalue weighted by molar-refractivity contribution is 0.631. The fraction of sp³-hybridized carbons (Fsp3) is 0. The number of nitrogens with two attached hydrogens (primary N) is 1. The first-order valence-corrected chi connectivity index (χ1v) is 6.24. The highest BCUT2D eigenvalue weighted by Crippen LogP contribution is 2.22. The molecule has 0 atom stereocenters. The second-order valence-corrected chi connectivity index (χ2v) is 4.90. The molecule has 3 nitrogen and oxygen atoms in total. The number of benzene rings is 1. The third kappa shape index (κ3) is 3.02. The van der Waals surface area contributed by atoms with Crippen LogP contribution in [-0.4, -0.2) is 9.97 Å². The average molecular weight is 326 g/mol. The lowest BCUT2D eigenvalue weighted by Crippen LogP contribution is -2.10. The van der Waals surface area contributed by atoms with Gasteiger partial charge in [0.05, 0.1) is 5.69 Å². The zero-order valence-electron chi connectivity index (χ0n) is 9.15. The summed E-state index contributed by atoms with van der Waals surface area (Å²) in [7, 11) is 0. The van der Waals surface area contributed by atoms with Gasteiger partial charge in [0.25, 0.3) is 0 Å². The standard InChI is InChI=1S/C12H9BrFN3S/c13-8-1-2-10(9(14)6-8)17-11-5-7(12(15)18)3-4-16-11/h1-6H,(H2,15,18)(H,16,17). The number of thiocarbonyl (C=S) groups is 1. The number of pyridine rings is 1. The highest BCUT2D eigenvalue weighted by Gasteiger charge is 2.05. The van der Waals surface area contributed by atoms with Gasteiger partial charge in [0, 0.05) is 16.2 Å². The minimum Gasteiger partial charge on any atom is -0.389 e. The lowest BCUT2D eigenvalue weighted by atomic mass is 10.2. The van der Waals surface area contributed by atoms with E-state index in [1.165, 1.54) is 6.07 Å². The highest BCUT2D eigenvalue weighted by atomic mass is 79.9. The summed E-state index contributed by atoms with van der Waals surface area (Å²) < 4.78 is 14.3. The van der Waals surface area contributed by atoms with Gasteiger partial charge in [-0.2, -0.15) is 0 Å². The van der Waals surface area contributed by atoms with Crippen molar-refractivity contribution in [3.63, 3.8) is 0 Å². The van der Waals surface area contributed by atoms with Gasteiger partial charge in [-0.25, -0.2) is 9.37 Å². The molecular formula is C12H9BrFN3S. The van der Waals surface area contributed by atoms with Gasteiger partial charge >= 0.3 is 0 Å². The lowest BCUT2D eigenvalue weighted by Gasteiger charge is -2.08. The van der Waals surface area contributed by atoms with Crippen molar-refractivity contribution in [2.45, 2.75) is 0 Å². The minimum absolute atomic E-state index is 0.275. The molecule has 0 fully saturated rings. The van der Waals surface area contributed by atoms with E-state index in [1.807, 2.05) is 0 Å². The Balaban J connectivity index is 2.28. The van der Waals surface area contributed by atoms with Gasteiger partial charge < -0.3 is 11.1 Å². The van der Waals surface area contributed by atoms with Crippen molar-refractivity contribution in [2.24, 2.45) is 5.73 Å². The Morgan fingerprint density at radius 1 is 1.33 bits per heavy atom. The Morgan fingerprint density at radius 2 is 2.11 bits per heavy atom. The summed E-state index contributed by atoms with van der Waals surface area (Å²) in [6.45, 7) is 0. The predicted octanol–water partition coefficient (Wildman–Crippen LogP) is 3.36. The van der Waals surface area contributed by atoms with Crippen molar-refractivity contribution in [1.29, 1.82) is 0 Å². The van der Waals surface area contributed by atoms with Gasteiger partial charge in [-0.15, -0.1) is 0 Å². The molecule has 3 N–H and O–H groups in total. The van der Waals surface area contributed by atoms with Crippen molar-refractivity contribution in [3.8, 4) is 0 Å². The second kappa shape index (κ2) is 5.41. The van der Waals surface area contributed by atoms with Gasteiger partial charge in [0.1, 0.15) is 16.6 Å². The topological polar surface area (TPSA) is 50.9 Å². The summed E-state index contributed by atoms with van der Waals surface area (Å²) in [5.41, 5.74) is 6.54. The first-order valence-electron chi connectivity index (χ1n) is 5.04. The fourth-order valence-electron chi connectivity index (χ4n) is 1.38. The van der Waals surface area contributed by atoms with E-state index in [9.17, 15) is 4.39 Å². The van der Waals surface area contributed by atoms with Crippen LogP contribution in [0, 0.1) is 5.82 Å². The van der Waals surface area contributed by atoms with Gasteiger partial charge in [-0.3, -0.25) is 0 Å². The van der Waals surface area contributed by atoms with Crippen molar-refractivity contribution in [1.82, 2.24) is 4.98 Å². The Morgan fingerprint density at radius 3 is 2.78 bits per heavy atom. The summed E-state index contributed by atoms with van der Waals surface area (Å²) in [5, 5.41) is 2.87. The van der Waals surface area contributed by atoms with Crippen LogP contribution in [0.4, 0.5) is 15.9 Å². The maximum atomic E-state index is 13.6. The third-order valence-corrected chi connectivity index (χ3v) is 2.97. The number of hydrogen-bond donors (Lipinski definition) is 2. The Kier molecular flexibility index (Phi) is 3.88. The molecule has 1 heterocycles. The zero-order chi connectivity index (χ0) is 13.1. The van der Waals surface area contributed by atoms with E-state index in [0.29, 0.717) is 21.5 Å². The van der Waals surface area contributed by atoms with Gasteiger partial charge in [-0.1, -0.05) is 28.1 Å². The number of rotatable bonds is 3. The van der Waals surface area contributed by atoms with Crippen LogP contribution in [-0.2, 0) is 0 Å². The minimum atomic E-state index is -0.369. The maximum absolute atomic E-state index is 13.6. The molecule has 0 unspecified atom stereocenters. The number of nitrogens with one attached hydrogen (secondary N) is 1. The SMILES string of the molecule is NC(=S)c1ccnc(Nc2ccc(Br)cc2F)c1. The quantitative estimate of drug-likeness (QED) is 0.849. The summed E-state index contributed by atoms with van der Waals surface area (Å²) in [4.78, 5) is 4.35. The molecule has 0 aliphatic carbocycles. The van der Waals surface area contributed by atoms with E-state index < -0.39 is 0 Å². The molecule has 0 bridgehead atoms.